The van der Waals surface area contributed by atoms with E-state index in [0.717, 1.165) is 5.56 Å². The minimum absolute atomic E-state index is 0.123. The highest BCUT2D eigenvalue weighted by atomic mass is 32.2. The summed E-state index contributed by atoms with van der Waals surface area (Å²) in [6.07, 6.45) is 1.17. The molecule has 3 rings (SSSR count). The topological polar surface area (TPSA) is 102 Å². The highest BCUT2D eigenvalue weighted by molar-refractivity contribution is 7.89. The van der Waals surface area contributed by atoms with E-state index in [-0.39, 0.29) is 17.0 Å². The number of nitrogens with zero attached hydrogens (tertiary/aromatic N) is 1. The van der Waals surface area contributed by atoms with Gasteiger partial charge in [0.15, 0.2) is 5.57 Å². The van der Waals surface area contributed by atoms with Gasteiger partial charge in [0, 0.05) is 39.3 Å². The second-order valence-corrected chi connectivity index (χ2v) is 9.20. The number of sulfonamides is 1. The molecule has 158 valence electrons. The Morgan fingerprint density at radius 2 is 1.53 bits per heavy atom. The summed E-state index contributed by atoms with van der Waals surface area (Å²) in [7, 11) is -2.16. The van der Waals surface area contributed by atoms with Gasteiger partial charge in [-0.15, -0.1) is 0 Å². The van der Waals surface area contributed by atoms with Gasteiger partial charge in [-0.1, -0.05) is 30.3 Å². The third-order valence-electron chi connectivity index (χ3n) is 4.31. The van der Waals surface area contributed by atoms with Gasteiger partial charge in [0.1, 0.15) is 0 Å². The maximum atomic E-state index is 12.8. The standard InChI is InChI=1S/C21H22N2O6S/c1-21(2)28-19(24)18(20(25)29-21)13-22-16-9-11-17(12-10-16)30(26,27)23(3)14-15-7-5-4-6-8-15/h4-13,22H,14H2,1-3H3. The van der Waals surface area contributed by atoms with Crippen molar-refractivity contribution in [1.29, 1.82) is 0 Å². The van der Waals surface area contributed by atoms with Gasteiger partial charge in [-0.2, -0.15) is 4.31 Å². The number of hydrogen-bond acceptors (Lipinski definition) is 7. The van der Waals surface area contributed by atoms with E-state index in [1.165, 1.54) is 55.7 Å². The van der Waals surface area contributed by atoms with Crippen LogP contribution >= 0.6 is 0 Å². The van der Waals surface area contributed by atoms with Crippen molar-refractivity contribution in [2.75, 3.05) is 12.4 Å². The first kappa shape index (κ1) is 21.5. The number of benzene rings is 2. The average Bonchev–Trinajstić information content (AvgIpc) is 2.67. The van der Waals surface area contributed by atoms with E-state index in [1.807, 2.05) is 30.3 Å². The van der Waals surface area contributed by atoms with Gasteiger partial charge < -0.3 is 14.8 Å². The second kappa shape index (κ2) is 8.29. The predicted molar refractivity (Wildman–Crippen MR) is 110 cm³/mol. The van der Waals surface area contributed by atoms with E-state index in [9.17, 15) is 18.0 Å². The first-order valence-electron chi connectivity index (χ1n) is 9.12. The fourth-order valence-electron chi connectivity index (χ4n) is 2.76. The van der Waals surface area contributed by atoms with Crippen LogP contribution in [0.2, 0.25) is 0 Å². The molecule has 8 nitrogen and oxygen atoms in total. The first-order chi connectivity index (χ1) is 14.1. The molecule has 1 saturated heterocycles. The van der Waals surface area contributed by atoms with Crippen LogP contribution in [0, 0.1) is 0 Å². The Balaban J connectivity index is 1.70. The molecule has 0 aromatic heterocycles. The lowest BCUT2D eigenvalue weighted by atomic mass is 10.2. The third kappa shape index (κ3) is 4.87. The van der Waals surface area contributed by atoms with E-state index in [1.54, 1.807) is 0 Å². The summed E-state index contributed by atoms with van der Waals surface area (Å²) in [5.41, 5.74) is 1.08. The fraction of sp³-hybridized carbons (Fsp3) is 0.238. The molecular formula is C21H22N2O6S. The van der Waals surface area contributed by atoms with Crippen LogP contribution in [-0.2, 0) is 35.6 Å². The van der Waals surface area contributed by atoms with Crippen molar-refractivity contribution in [3.8, 4) is 0 Å². The number of cyclic esters (lactones) is 2. The van der Waals surface area contributed by atoms with Crippen molar-refractivity contribution in [2.45, 2.75) is 31.1 Å². The number of nitrogens with one attached hydrogen (secondary N) is 1. The maximum absolute atomic E-state index is 12.8. The van der Waals surface area contributed by atoms with Crippen LogP contribution in [0.25, 0.3) is 0 Å². The van der Waals surface area contributed by atoms with Gasteiger partial charge in [-0.3, -0.25) is 0 Å². The van der Waals surface area contributed by atoms with Crippen LogP contribution in [0.5, 0.6) is 0 Å². The SMILES string of the molecule is CN(Cc1ccccc1)S(=O)(=O)c1ccc(NC=C2C(=O)OC(C)(C)OC2=O)cc1. The molecule has 9 heteroatoms. The number of anilines is 1. The maximum Gasteiger partial charge on any atom is 0.350 e. The van der Waals surface area contributed by atoms with Crippen LogP contribution in [0.3, 0.4) is 0 Å². The summed E-state index contributed by atoms with van der Waals surface area (Å²) in [5.74, 6) is -2.91. The number of ether oxygens (including phenoxy) is 2. The van der Waals surface area contributed by atoms with Gasteiger partial charge >= 0.3 is 11.9 Å². The summed E-state index contributed by atoms with van der Waals surface area (Å²) >= 11 is 0. The monoisotopic (exact) mass is 430 g/mol. The zero-order chi connectivity index (χ0) is 21.9. The highest BCUT2D eigenvalue weighted by Gasteiger charge is 2.38. The molecule has 0 aliphatic carbocycles. The van der Waals surface area contributed by atoms with Gasteiger partial charge in [-0.05, 0) is 29.8 Å². The number of hydrogen-bond donors (Lipinski definition) is 1. The normalized spacial score (nSPS) is 16.1. The Morgan fingerprint density at radius 3 is 2.10 bits per heavy atom. The lowest BCUT2D eigenvalue weighted by molar-refractivity contribution is -0.222. The Kier molecular flexibility index (Phi) is 5.95. The lowest BCUT2D eigenvalue weighted by Gasteiger charge is -2.29. The molecule has 0 atom stereocenters. The molecule has 0 unspecified atom stereocenters. The van der Waals surface area contributed by atoms with E-state index >= 15 is 0 Å². The zero-order valence-corrected chi connectivity index (χ0v) is 17.6. The van der Waals surface area contributed by atoms with Crippen molar-refractivity contribution in [3.63, 3.8) is 0 Å². The fourth-order valence-corrected chi connectivity index (χ4v) is 3.92. The predicted octanol–water partition coefficient (Wildman–Crippen LogP) is 2.64. The zero-order valence-electron chi connectivity index (χ0n) is 16.8. The Labute approximate surface area is 175 Å². The summed E-state index contributed by atoms with van der Waals surface area (Å²) in [5, 5.41) is 2.78. The molecule has 1 N–H and O–H groups in total. The average molecular weight is 430 g/mol. The number of carbonyl (C=O) groups excluding carboxylic acids is 2. The van der Waals surface area contributed by atoms with E-state index in [4.69, 9.17) is 9.47 Å². The molecule has 0 amide bonds. The van der Waals surface area contributed by atoms with Crippen molar-refractivity contribution in [3.05, 3.63) is 71.9 Å². The molecule has 2 aromatic carbocycles. The van der Waals surface area contributed by atoms with Gasteiger partial charge in [0.25, 0.3) is 5.79 Å². The largest absolute Gasteiger partial charge is 0.419 e. The number of rotatable bonds is 6. The molecule has 2 aromatic rings. The van der Waals surface area contributed by atoms with Crippen molar-refractivity contribution < 1.29 is 27.5 Å². The molecule has 0 bridgehead atoms. The Bertz CT molecular complexity index is 1050. The van der Waals surface area contributed by atoms with E-state index < -0.39 is 27.7 Å². The third-order valence-corrected chi connectivity index (χ3v) is 6.13. The van der Waals surface area contributed by atoms with Crippen LogP contribution in [0.1, 0.15) is 19.4 Å². The smallest absolute Gasteiger partial charge is 0.350 e. The summed E-state index contributed by atoms with van der Waals surface area (Å²) in [4.78, 5) is 24.0. The molecule has 0 saturated carbocycles. The Morgan fingerprint density at radius 1 is 0.967 bits per heavy atom. The molecule has 1 fully saturated rings. The van der Waals surface area contributed by atoms with Gasteiger partial charge in [0.2, 0.25) is 10.0 Å². The van der Waals surface area contributed by atoms with Crippen LogP contribution < -0.4 is 5.32 Å². The minimum atomic E-state index is -3.68. The molecule has 1 aliphatic heterocycles. The van der Waals surface area contributed by atoms with E-state index in [2.05, 4.69) is 5.32 Å². The number of carbonyl (C=O) groups is 2. The van der Waals surface area contributed by atoms with Crippen LogP contribution in [-0.4, -0.2) is 37.5 Å². The highest BCUT2D eigenvalue weighted by Crippen LogP contribution is 2.23. The summed E-state index contributed by atoms with van der Waals surface area (Å²) in [6.45, 7) is 3.16. The Hall–Kier alpha value is -3.17. The second-order valence-electron chi connectivity index (χ2n) is 7.15. The van der Waals surface area contributed by atoms with Gasteiger partial charge in [0.05, 0.1) is 4.90 Å². The van der Waals surface area contributed by atoms with Crippen molar-refractivity contribution in [2.24, 2.45) is 0 Å². The minimum Gasteiger partial charge on any atom is -0.419 e. The molecule has 1 aliphatic rings. The molecular weight excluding hydrogens is 408 g/mol. The molecule has 0 radical (unpaired) electrons. The lowest BCUT2D eigenvalue weighted by Crippen LogP contribution is -2.42. The van der Waals surface area contributed by atoms with Gasteiger partial charge in [-0.25, -0.2) is 18.0 Å². The molecule has 1 heterocycles. The summed E-state index contributed by atoms with van der Waals surface area (Å²) in [6, 6.07) is 15.2. The quantitative estimate of drug-likeness (QED) is 0.427. The first-order valence-corrected chi connectivity index (χ1v) is 10.6. The van der Waals surface area contributed by atoms with Crippen LogP contribution in [0.4, 0.5) is 5.69 Å². The van der Waals surface area contributed by atoms with E-state index in [0.29, 0.717) is 5.69 Å². The summed E-state index contributed by atoms with van der Waals surface area (Å²) < 4.78 is 36.8. The molecule has 30 heavy (non-hydrogen) atoms. The van der Waals surface area contributed by atoms with Crippen molar-refractivity contribution >= 4 is 27.6 Å². The van der Waals surface area contributed by atoms with Crippen LogP contribution in [0.15, 0.2) is 71.3 Å². The number of esters is 2. The van der Waals surface area contributed by atoms with Crippen molar-refractivity contribution in [1.82, 2.24) is 4.31 Å². The molecule has 0 spiro atoms.